The maximum Gasteiger partial charge on any atom is 0.401 e. The van der Waals surface area contributed by atoms with Crippen LogP contribution in [-0.4, -0.2) is 42.6 Å². The van der Waals surface area contributed by atoms with Gasteiger partial charge in [-0.3, -0.25) is 9.69 Å². The molecule has 0 atom stereocenters. The number of ketones is 1. The van der Waals surface area contributed by atoms with E-state index < -0.39 is 12.7 Å². The van der Waals surface area contributed by atoms with Gasteiger partial charge in [-0.05, 0) is 31.9 Å². The van der Waals surface area contributed by atoms with Gasteiger partial charge in [0, 0.05) is 6.04 Å². The third-order valence-electron chi connectivity index (χ3n) is 3.28. The van der Waals surface area contributed by atoms with Gasteiger partial charge in [0.1, 0.15) is 5.75 Å². The summed E-state index contributed by atoms with van der Waals surface area (Å²) in [4.78, 5) is 13.5. The normalized spacial score (nSPS) is 15.3. The lowest BCUT2D eigenvalue weighted by Gasteiger charge is -2.23. The molecule has 1 aliphatic carbocycles. The molecule has 2 rings (SSSR count). The van der Waals surface area contributed by atoms with Crippen molar-refractivity contribution in [3.8, 4) is 5.75 Å². The van der Waals surface area contributed by atoms with E-state index in [0.717, 1.165) is 12.8 Å². The average Bonchev–Trinajstić information content (AvgIpc) is 3.21. The fourth-order valence-corrected chi connectivity index (χ4v) is 2.23. The van der Waals surface area contributed by atoms with Crippen LogP contribution in [0.25, 0.3) is 0 Å². The Labute approximate surface area is 121 Å². The molecule has 21 heavy (non-hydrogen) atoms. The molecule has 1 saturated carbocycles. The molecule has 0 saturated heterocycles. The van der Waals surface area contributed by atoms with Crippen molar-refractivity contribution in [2.45, 2.75) is 32.0 Å². The SMILES string of the molecule is CCOc1ccccc1C(=O)CN(CC(F)(F)F)C1CC1. The lowest BCUT2D eigenvalue weighted by Crippen LogP contribution is -2.39. The first kappa shape index (κ1) is 15.8. The molecular formula is C15H18F3NO2. The molecule has 0 amide bonds. The van der Waals surface area contributed by atoms with Crippen LogP contribution < -0.4 is 4.74 Å². The van der Waals surface area contributed by atoms with Crippen LogP contribution in [0.4, 0.5) is 13.2 Å². The molecule has 0 aliphatic heterocycles. The first-order chi connectivity index (χ1) is 9.90. The summed E-state index contributed by atoms with van der Waals surface area (Å²) in [7, 11) is 0. The van der Waals surface area contributed by atoms with Crippen LogP contribution in [0.5, 0.6) is 5.75 Å². The summed E-state index contributed by atoms with van der Waals surface area (Å²) in [5, 5.41) is 0. The minimum absolute atomic E-state index is 0.130. The smallest absolute Gasteiger partial charge is 0.401 e. The second-order valence-electron chi connectivity index (χ2n) is 5.10. The van der Waals surface area contributed by atoms with Crippen molar-refractivity contribution < 1.29 is 22.7 Å². The number of alkyl halides is 3. The number of hydrogen-bond donors (Lipinski definition) is 0. The minimum atomic E-state index is -4.29. The monoisotopic (exact) mass is 301 g/mol. The maximum absolute atomic E-state index is 12.6. The summed E-state index contributed by atoms with van der Waals surface area (Å²) in [6.07, 6.45) is -2.85. The van der Waals surface area contributed by atoms with E-state index >= 15 is 0 Å². The molecule has 3 nitrogen and oxygen atoms in total. The molecule has 0 N–H and O–H groups in total. The topological polar surface area (TPSA) is 29.5 Å². The lowest BCUT2D eigenvalue weighted by molar-refractivity contribution is -0.145. The molecule has 1 aromatic rings. The van der Waals surface area contributed by atoms with Crippen molar-refractivity contribution in [3.63, 3.8) is 0 Å². The summed E-state index contributed by atoms with van der Waals surface area (Å²) in [6, 6.07) is 6.53. The van der Waals surface area contributed by atoms with Gasteiger partial charge in [-0.1, -0.05) is 12.1 Å². The summed E-state index contributed by atoms with van der Waals surface area (Å²) in [5.41, 5.74) is 0.340. The molecule has 0 heterocycles. The number of carbonyl (C=O) groups excluding carboxylic acids is 1. The lowest BCUT2D eigenvalue weighted by atomic mass is 10.1. The van der Waals surface area contributed by atoms with Crippen molar-refractivity contribution in [2.24, 2.45) is 0 Å². The van der Waals surface area contributed by atoms with Crippen LogP contribution >= 0.6 is 0 Å². The fraction of sp³-hybridized carbons (Fsp3) is 0.533. The van der Waals surface area contributed by atoms with E-state index in [1.807, 2.05) is 0 Å². The van der Waals surface area contributed by atoms with Crippen LogP contribution in [0.1, 0.15) is 30.1 Å². The largest absolute Gasteiger partial charge is 0.493 e. The van der Waals surface area contributed by atoms with Gasteiger partial charge in [-0.2, -0.15) is 13.2 Å². The summed E-state index contributed by atoms with van der Waals surface area (Å²) in [5.74, 6) is 0.0861. The molecule has 0 aromatic heterocycles. The number of rotatable bonds is 7. The van der Waals surface area contributed by atoms with Crippen LogP contribution in [-0.2, 0) is 0 Å². The Morgan fingerprint density at radius 1 is 1.33 bits per heavy atom. The van der Waals surface area contributed by atoms with Crippen molar-refractivity contribution >= 4 is 5.78 Å². The number of benzene rings is 1. The highest BCUT2D eigenvalue weighted by Gasteiger charge is 2.39. The van der Waals surface area contributed by atoms with Gasteiger partial charge in [0.25, 0.3) is 0 Å². The van der Waals surface area contributed by atoms with Crippen molar-refractivity contribution in [3.05, 3.63) is 29.8 Å². The Kier molecular flexibility index (Phi) is 4.88. The molecule has 116 valence electrons. The predicted octanol–water partition coefficient (Wildman–Crippen LogP) is 3.29. The molecule has 1 fully saturated rings. The Balaban J connectivity index is 2.08. The zero-order valence-corrected chi connectivity index (χ0v) is 11.8. The molecule has 1 aromatic carbocycles. The van der Waals surface area contributed by atoms with Crippen molar-refractivity contribution in [1.82, 2.24) is 4.90 Å². The number of carbonyl (C=O) groups is 1. The highest BCUT2D eigenvalue weighted by atomic mass is 19.4. The second-order valence-corrected chi connectivity index (χ2v) is 5.10. The third-order valence-corrected chi connectivity index (χ3v) is 3.28. The van der Waals surface area contributed by atoms with E-state index in [-0.39, 0.29) is 18.4 Å². The number of halogens is 3. The van der Waals surface area contributed by atoms with E-state index in [2.05, 4.69) is 0 Å². The van der Waals surface area contributed by atoms with Gasteiger partial charge in [0.15, 0.2) is 5.78 Å². The van der Waals surface area contributed by atoms with Crippen LogP contribution in [0.3, 0.4) is 0 Å². The Morgan fingerprint density at radius 3 is 2.57 bits per heavy atom. The van der Waals surface area contributed by atoms with Crippen LogP contribution in [0, 0.1) is 0 Å². The number of ether oxygens (including phenoxy) is 1. The zero-order chi connectivity index (χ0) is 15.5. The van der Waals surface area contributed by atoms with Gasteiger partial charge in [0.2, 0.25) is 0 Å². The van der Waals surface area contributed by atoms with E-state index in [0.29, 0.717) is 17.9 Å². The van der Waals surface area contributed by atoms with Gasteiger partial charge >= 0.3 is 6.18 Å². The van der Waals surface area contributed by atoms with E-state index in [1.165, 1.54) is 4.90 Å². The van der Waals surface area contributed by atoms with Gasteiger partial charge in [0.05, 0.1) is 25.3 Å². The van der Waals surface area contributed by atoms with Crippen LogP contribution in [0.2, 0.25) is 0 Å². The minimum Gasteiger partial charge on any atom is -0.493 e. The first-order valence-corrected chi connectivity index (χ1v) is 6.96. The quantitative estimate of drug-likeness (QED) is 0.724. The molecule has 0 unspecified atom stereocenters. The highest BCUT2D eigenvalue weighted by molar-refractivity contribution is 6.00. The maximum atomic E-state index is 12.6. The van der Waals surface area contributed by atoms with Gasteiger partial charge < -0.3 is 4.74 Å². The fourth-order valence-electron chi connectivity index (χ4n) is 2.23. The number of nitrogens with zero attached hydrogens (tertiary/aromatic N) is 1. The Bertz CT molecular complexity index is 498. The second kappa shape index (κ2) is 6.47. The van der Waals surface area contributed by atoms with E-state index in [9.17, 15) is 18.0 Å². The third kappa shape index (κ3) is 4.74. The molecule has 1 aliphatic rings. The zero-order valence-electron chi connectivity index (χ0n) is 11.8. The van der Waals surface area contributed by atoms with Crippen molar-refractivity contribution in [1.29, 1.82) is 0 Å². The van der Waals surface area contributed by atoms with Gasteiger partial charge in [-0.25, -0.2) is 0 Å². The predicted molar refractivity (Wildman–Crippen MR) is 72.6 cm³/mol. The van der Waals surface area contributed by atoms with Crippen LogP contribution in [0.15, 0.2) is 24.3 Å². The summed E-state index contributed by atoms with van der Waals surface area (Å²) < 4.78 is 43.1. The standard InChI is InChI=1S/C15H18F3NO2/c1-2-21-14-6-4-3-5-12(14)13(20)9-19(11-7-8-11)10-15(16,17)18/h3-6,11H,2,7-10H2,1H3. The summed E-state index contributed by atoms with van der Waals surface area (Å²) >= 11 is 0. The highest BCUT2D eigenvalue weighted by Crippen LogP contribution is 2.30. The van der Waals surface area contributed by atoms with Crippen molar-refractivity contribution in [2.75, 3.05) is 19.7 Å². The Hall–Kier alpha value is -1.56. The molecule has 0 radical (unpaired) electrons. The number of hydrogen-bond acceptors (Lipinski definition) is 3. The number of para-hydroxylation sites is 1. The molecule has 0 bridgehead atoms. The molecule has 6 heteroatoms. The van der Waals surface area contributed by atoms with E-state index in [1.54, 1.807) is 31.2 Å². The molecular weight excluding hydrogens is 283 g/mol. The average molecular weight is 301 g/mol. The molecule has 0 spiro atoms. The summed E-state index contributed by atoms with van der Waals surface area (Å²) in [6.45, 7) is 0.926. The van der Waals surface area contributed by atoms with Gasteiger partial charge in [-0.15, -0.1) is 0 Å². The number of Topliss-reactive ketones (excluding diaryl/α,β-unsaturated/α-hetero) is 1. The first-order valence-electron chi connectivity index (χ1n) is 6.96. The van der Waals surface area contributed by atoms with E-state index in [4.69, 9.17) is 4.74 Å². The Morgan fingerprint density at radius 2 is 2.00 bits per heavy atom.